The van der Waals surface area contributed by atoms with E-state index in [1.54, 1.807) is 6.07 Å². The Kier molecular flexibility index (Phi) is 4.74. The van der Waals surface area contributed by atoms with Crippen LogP contribution in [0.2, 0.25) is 0 Å². The van der Waals surface area contributed by atoms with Crippen LogP contribution in [0.15, 0.2) is 47.4 Å². The molecule has 3 N–H and O–H groups in total. The highest BCUT2D eigenvalue weighted by Gasteiger charge is 2.15. The van der Waals surface area contributed by atoms with E-state index in [9.17, 15) is 17.6 Å². The predicted molar refractivity (Wildman–Crippen MR) is 80.1 cm³/mol. The number of halogens is 1. The van der Waals surface area contributed by atoms with Crippen molar-refractivity contribution in [1.82, 2.24) is 4.72 Å². The zero-order chi connectivity index (χ0) is 17.0. The number of amides is 1. The number of nitriles is 1. The second-order valence-electron chi connectivity index (χ2n) is 4.63. The van der Waals surface area contributed by atoms with Crippen molar-refractivity contribution in [2.75, 3.05) is 0 Å². The summed E-state index contributed by atoms with van der Waals surface area (Å²) in [5.41, 5.74) is 5.52. The monoisotopic (exact) mass is 333 g/mol. The normalized spacial score (nSPS) is 11.0. The highest BCUT2D eigenvalue weighted by molar-refractivity contribution is 7.89. The third kappa shape index (κ3) is 3.91. The molecule has 0 atom stereocenters. The number of sulfonamides is 1. The third-order valence-electron chi connectivity index (χ3n) is 3.08. The van der Waals surface area contributed by atoms with Gasteiger partial charge in [0.2, 0.25) is 15.9 Å². The van der Waals surface area contributed by atoms with Gasteiger partial charge in [-0.05, 0) is 36.4 Å². The van der Waals surface area contributed by atoms with Gasteiger partial charge in [0.05, 0.1) is 16.5 Å². The molecule has 0 fully saturated rings. The lowest BCUT2D eigenvalue weighted by atomic mass is 10.1. The summed E-state index contributed by atoms with van der Waals surface area (Å²) < 4.78 is 40.2. The van der Waals surface area contributed by atoms with Gasteiger partial charge < -0.3 is 5.73 Å². The maximum absolute atomic E-state index is 13.7. The van der Waals surface area contributed by atoms with Gasteiger partial charge in [-0.25, -0.2) is 17.5 Å². The van der Waals surface area contributed by atoms with Crippen molar-refractivity contribution < 1.29 is 17.6 Å². The van der Waals surface area contributed by atoms with Gasteiger partial charge in [0.15, 0.2) is 0 Å². The number of nitrogens with two attached hydrogens (primary N) is 1. The summed E-state index contributed by atoms with van der Waals surface area (Å²) in [6, 6.07) is 10.6. The largest absolute Gasteiger partial charge is 0.366 e. The molecule has 2 aromatic carbocycles. The summed E-state index contributed by atoms with van der Waals surface area (Å²) >= 11 is 0. The minimum absolute atomic E-state index is 0.0726. The minimum atomic E-state index is -3.87. The molecule has 8 heteroatoms. The number of nitrogens with zero attached hydrogens (tertiary/aromatic N) is 1. The van der Waals surface area contributed by atoms with Crippen molar-refractivity contribution in [2.24, 2.45) is 5.73 Å². The van der Waals surface area contributed by atoms with E-state index in [0.29, 0.717) is 0 Å². The molecular formula is C15H12FN3O3S. The molecule has 1 amide bonds. The van der Waals surface area contributed by atoms with Crippen LogP contribution >= 0.6 is 0 Å². The molecule has 0 unspecified atom stereocenters. The van der Waals surface area contributed by atoms with E-state index in [4.69, 9.17) is 11.0 Å². The van der Waals surface area contributed by atoms with Crippen LogP contribution in [-0.2, 0) is 16.6 Å². The van der Waals surface area contributed by atoms with Crippen LogP contribution in [0.1, 0.15) is 21.5 Å². The molecule has 0 bridgehead atoms. The fourth-order valence-electron chi connectivity index (χ4n) is 1.81. The summed E-state index contributed by atoms with van der Waals surface area (Å²) in [5, 5.41) is 8.66. The van der Waals surface area contributed by atoms with Crippen LogP contribution in [0.3, 0.4) is 0 Å². The van der Waals surface area contributed by atoms with E-state index in [2.05, 4.69) is 4.72 Å². The van der Waals surface area contributed by atoms with E-state index in [1.165, 1.54) is 36.4 Å². The number of carbonyl (C=O) groups excluding carboxylic acids is 1. The number of benzene rings is 2. The molecule has 0 aliphatic rings. The van der Waals surface area contributed by atoms with Crippen LogP contribution in [0.4, 0.5) is 4.39 Å². The second kappa shape index (κ2) is 6.56. The molecule has 0 saturated carbocycles. The standard InChI is InChI=1S/C15H12FN3O3S/c16-14-7-10(8-17)1-2-12(14)9-19-23(21,22)13-5-3-11(4-6-13)15(18)20/h1-7,19H,9H2,(H2,18,20). The molecule has 0 heterocycles. The van der Waals surface area contributed by atoms with Crippen LogP contribution < -0.4 is 10.5 Å². The number of rotatable bonds is 5. The Bertz CT molecular complexity index is 887. The first kappa shape index (κ1) is 16.6. The van der Waals surface area contributed by atoms with Gasteiger partial charge in [0.1, 0.15) is 5.82 Å². The zero-order valence-corrected chi connectivity index (χ0v) is 12.6. The van der Waals surface area contributed by atoms with Gasteiger partial charge in [-0.2, -0.15) is 5.26 Å². The SMILES string of the molecule is N#Cc1ccc(CNS(=O)(=O)c2ccc(C(N)=O)cc2)c(F)c1. The Balaban J connectivity index is 2.16. The zero-order valence-electron chi connectivity index (χ0n) is 11.8. The maximum atomic E-state index is 13.7. The Morgan fingerprint density at radius 2 is 1.87 bits per heavy atom. The lowest BCUT2D eigenvalue weighted by molar-refractivity contribution is 0.1000. The fourth-order valence-corrected chi connectivity index (χ4v) is 2.82. The van der Waals surface area contributed by atoms with Crippen molar-refractivity contribution in [3.05, 3.63) is 65.0 Å². The van der Waals surface area contributed by atoms with Gasteiger partial charge in [0.25, 0.3) is 0 Å². The lowest BCUT2D eigenvalue weighted by Gasteiger charge is -2.08. The molecular weight excluding hydrogens is 321 g/mol. The number of hydrogen-bond donors (Lipinski definition) is 2. The average Bonchev–Trinajstić information content (AvgIpc) is 2.53. The summed E-state index contributed by atoms with van der Waals surface area (Å²) in [4.78, 5) is 10.9. The van der Waals surface area contributed by atoms with Gasteiger partial charge >= 0.3 is 0 Å². The molecule has 0 saturated heterocycles. The summed E-state index contributed by atoms with van der Waals surface area (Å²) in [6.45, 7) is -0.266. The Hall–Kier alpha value is -2.76. The topological polar surface area (TPSA) is 113 Å². The van der Waals surface area contributed by atoms with E-state index < -0.39 is 21.7 Å². The fraction of sp³-hybridized carbons (Fsp3) is 0.0667. The highest BCUT2D eigenvalue weighted by atomic mass is 32.2. The summed E-state index contributed by atoms with van der Waals surface area (Å²) in [7, 11) is -3.87. The Labute approximate surface area is 132 Å². The van der Waals surface area contributed by atoms with Crippen molar-refractivity contribution in [1.29, 1.82) is 5.26 Å². The van der Waals surface area contributed by atoms with E-state index in [0.717, 1.165) is 6.07 Å². The first-order valence-electron chi connectivity index (χ1n) is 6.41. The van der Waals surface area contributed by atoms with Crippen LogP contribution in [0.5, 0.6) is 0 Å². The van der Waals surface area contributed by atoms with E-state index in [-0.39, 0.29) is 28.1 Å². The van der Waals surface area contributed by atoms with Gasteiger partial charge in [-0.3, -0.25) is 4.79 Å². The van der Waals surface area contributed by atoms with Crippen molar-refractivity contribution in [2.45, 2.75) is 11.4 Å². The van der Waals surface area contributed by atoms with Gasteiger partial charge in [-0.15, -0.1) is 0 Å². The molecule has 2 aromatic rings. The molecule has 0 aliphatic heterocycles. The van der Waals surface area contributed by atoms with E-state index >= 15 is 0 Å². The van der Waals surface area contributed by atoms with Crippen molar-refractivity contribution in [3.63, 3.8) is 0 Å². The van der Waals surface area contributed by atoms with Crippen molar-refractivity contribution >= 4 is 15.9 Å². The molecule has 118 valence electrons. The second-order valence-corrected chi connectivity index (χ2v) is 6.40. The van der Waals surface area contributed by atoms with E-state index in [1.807, 2.05) is 0 Å². The number of hydrogen-bond acceptors (Lipinski definition) is 4. The smallest absolute Gasteiger partial charge is 0.248 e. The molecule has 6 nitrogen and oxygen atoms in total. The van der Waals surface area contributed by atoms with Gasteiger partial charge in [0, 0.05) is 17.7 Å². The number of carbonyl (C=O) groups is 1. The first-order valence-corrected chi connectivity index (χ1v) is 7.90. The Morgan fingerprint density at radius 3 is 2.39 bits per heavy atom. The first-order chi connectivity index (χ1) is 10.8. The van der Waals surface area contributed by atoms with Gasteiger partial charge in [-0.1, -0.05) is 6.07 Å². The molecule has 2 rings (SSSR count). The minimum Gasteiger partial charge on any atom is -0.366 e. The van der Waals surface area contributed by atoms with Crippen molar-refractivity contribution in [3.8, 4) is 6.07 Å². The number of primary amides is 1. The van der Waals surface area contributed by atoms with Crippen LogP contribution in [-0.4, -0.2) is 14.3 Å². The summed E-state index contributed by atoms with van der Waals surface area (Å²) in [5.74, 6) is -1.34. The van der Waals surface area contributed by atoms with Crippen LogP contribution in [0.25, 0.3) is 0 Å². The molecule has 0 aromatic heterocycles. The third-order valence-corrected chi connectivity index (χ3v) is 4.50. The maximum Gasteiger partial charge on any atom is 0.248 e. The Morgan fingerprint density at radius 1 is 1.22 bits per heavy atom. The molecule has 0 radical (unpaired) electrons. The quantitative estimate of drug-likeness (QED) is 0.858. The lowest BCUT2D eigenvalue weighted by Crippen LogP contribution is -2.24. The molecule has 0 spiro atoms. The van der Waals surface area contributed by atoms with Crippen LogP contribution in [0, 0.1) is 17.1 Å². The molecule has 0 aliphatic carbocycles. The highest BCUT2D eigenvalue weighted by Crippen LogP contribution is 2.13. The average molecular weight is 333 g/mol. The summed E-state index contributed by atoms with van der Waals surface area (Å²) in [6.07, 6.45) is 0. The molecule has 23 heavy (non-hydrogen) atoms. The number of nitrogens with one attached hydrogen (secondary N) is 1. The predicted octanol–water partition coefficient (Wildman–Crippen LogP) is 1.27.